The van der Waals surface area contributed by atoms with Crippen molar-refractivity contribution in [3.63, 3.8) is 0 Å². The molecule has 2 aliphatic rings. The van der Waals surface area contributed by atoms with E-state index in [1.165, 1.54) is 0 Å². The lowest BCUT2D eigenvalue weighted by molar-refractivity contribution is 0.0826. The summed E-state index contributed by atoms with van der Waals surface area (Å²) in [5.74, 6) is 1.70. The Morgan fingerprint density at radius 3 is 2.55 bits per heavy atom. The summed E-state index contributed by atoms with van der Waals surface area (Å²) < 4.78 is 17.2. The van der Waals surface area contributed by atoms with Crippen LogP contribution in [0.25, 0.3) is 17.2 Å². The summed E-state index contributed by atoms with van der Waals surface area (Å²) in [5.41, 5.74) is 5.75. The second kappa shape index (κ2) is 9.22. The summed E-state index contributed by atoms with van der Waals surface area (Å²) in [7, 11) is 1.71. The van der Waals surface area contributed by atoms with Crippen molar-refractivity contribution in [3.05, 3.63) is 88.7 Å². The van der Waals surface area contributed by atoms with Crippen molar-refractivity contribution in [2.45, 2.75) is 19.9 Å². The van der Waals surface area contributed by atoms with Gasteiger partial charge in [0.05, 0.1) is 5.56 Å². The molecule has 3 aromatic carbocycles. The second-order valence-corrected chi connectivity index (χ2v) is 8.47. The highest BCUT2D eigenvalue weighted by molar-refractivity contribution is 6.15. The number of hydrogen-bond acceptors (Lipinski definition) is 5. The zero-order valence-corrected chi connectivity index (χ0v) is 19.0. The largest absolute Gasteiger partial charge is 0.477 e. The van der Waals surface area contributed by atoms with Crippen LogP contribution in [0, 0.1) is 6.92 Å². The minimum absolute atomic E-state index is 0.0838. The summed E-state index contributed by atoms with van der Waals surface area (Å²) in [4.78, 5) is 15.4. The predicted octanol–water partition coefficient (Wildman–Crippen LogP) is 5.47. The Labute approximate surface area is 194 Å². The summed E-state index contributed by atoms with van der Waals surface area (Å²) in [5, 5.41) is 0. The van der Waals surface area contributed by atoms with E-state index in [1.54, 1.807) is 7.11 Å². The summed E-state index contributed by atoms with van der Waals surface area (Å²) in [6, 6.07) is 20.3. The van der Waals surface area contributed by atoms with Crippen LogP contribution in [0.4, 0.5) is 0 Å². The molecule has 0 bridgehead atoms. The van der Waals surface area contributed by atoms with Gasteiger partial charge in [0.25, 0.3) is 0 Å². The molecular formula is C28H27NO4. The number of carbonyl (C=O) groups is 1. The van der Waals surface area contributed by atoms with Gasteiger partial charge in [-0.2, -0.15) is 0 Å². The molecule has 5 rings (SSSR count). The molecule has 0 amide bonds. The van der Waals surface area contributed by atoms with Gasteiger partial charge in [0.1, 0.15) is 18.2 Å². The molecule has 0 saturated carbocycles. The Morgan fingerprint density at radius 1 is 1.03 bits per heavy atom. The predicted molar refractivity (Wildman–Crippen MR) is 128 cm³/mol. The number of nitrogens with zero attached hydrogens (tertiary/aromatic N) is 1. The molecule has 5 heteroatoms. The first-order valence-electron chi connectivity index (χ1n) is 11.2. The Hall–Kier alpha value is -3.41. The number of Topliss-reactive ketones (excluding diaryl/α,β-unsaturated/α-hetero) is 1. The number of fused-ring (bicyclic) bond motifs is 2. The number of ether oxygens (including phenoxy) is 3. The molecule has 0 spiro atoms. The zero-order valence-electron chi connectivity index (χ0n) is 19.0. The van der Waals surface area contributed by atoms with Crippen LogP contribution in [0.15, 0.2) is 66.4 Å². The summed E-state index contributed by atoms with van der Waals surface area (Å²) in [6.07, 6.45) is 2.75. The molecule has 0 aromatic heterocycles. The van der Waals surface area contributed by atoms with Gasteiger partial charge in [-0.05, 0) is 42.2 Å². The molecule has 0 N–H and O–H groups in total. The van der Waals surface area contributed by atoms with Crippen molar-refractivity contribution in [2.24, 2.45) is 0 Å². The van der Waals surface area contributed by atoms with Crippen molar-refractivity contribution < 1.29 is 19.0 Å². The lowest BCUT2D eigenvalue weighted by Crippen LogP contribution is -2.33. The maximum Gasteiger partial charge on any atom is 0.231 e. The molecule has 33 heavy (non-hydrogen) atoms. The first kappa shape index (κ1) is 21.4. The lowest BCUT2D eigenvalue weighted by atomic mass is 9.99. The van der Waals surface area contributed by atoms with Crippen LogP contribution in [-0.2, 0) is 11.3 Å². The maximum atomic E-state index is 13.2. The summed E-state index contributed by atoms with van der Waals surface area (Å²) in [6.45, 7) is 4.85. The average Bonchev–Trinajstić information content (AvgIpc) is 3.16. The highest BCUT2D eigenvalue weighted by atomic mass is 16.5. The van der Waals surface area contributed by atoms with Crippen LogP contribution >= 0.6 is 0 Å². The van der Waals surface area contributed by atoms with Gasteiger partial charge in [0, 0.05) is 37.9 Å². The SMILES string of the molecule is COCCCN1COc2c(cc3c(c2C)O/C(=C\c2ccc(-c4ccccc4)cc2)C3=O)C1. The third-order valence-corrected chi connectivity index (χ3v) is 6.14. The van der Waals surface area contributed by atoms with Gasteiger partial charge in [-0.25, -0.2) is 0 Å². The van der Waals surface area contributed by atoms with E-state index >= 15 is 0 Å². The maximum absolute atomic E-state index is 13.2. The van der Waals surface area contributed by atoms with Crippen LogP contribution in [-0.4, -0.2) is 37.7 Å². The van der Waals surface area contributed by atoms with Crippen molar-refractivity contribution >= 4 is 11.9 Å². The Balaban J connectivity index is 1.37. The van der Waals surface area contributed by atoms with Crippen molar-refractivity contribution in [1.82, 2.24) is 4.90 Å². The fourth-order valence-electron chi connectivity index (χ4n) is 4.43. The number of allylic oxidation sites excluding steroid dienone is 1. The number of methoxy groups -OCH3 is 1. The molecule has 5 nitrogen and oxygen atoms in total. The molecule has 3 aromatic rings. The van der Waals surface area contributed by atoms with Gasteiger partial charge in [0.15, 0.2) is 5.76 Å². The van der Waals surface area contributed by atoms with Gasteiger partial charge in [-0.3, -0.25) is 9.69 Å². The Bertz CT molecular complexity index is 1200. The molecule has 168 valence electrons. The van der Waals surface area contributed by atoms with Crippen molar-refractivity contribution in [3.8, 4) is 22.6 Å². The Kier molecular flexibility index (Phi) is 5.99. The van der Waals surface area contributed by atoms with E-state index < -0.39 is 0 Å². The second-order valence-electron chi connectivity index (χ2n) is 8.47. The standard InChI is InChI=1S/C28H27NO4/c1-19-27-23(17-29(18-32-27)13-6-14-31-2)16-24-26(30)25(33-28(19)24)15-20-9-11-22(12-10-20)21-7-4-3-5-8-21/h3-5,7-12,15-16H,6,13-14,17-18H2,1-2H3/b25-15-. The molecule has 2 heterocycles. The highest BCUT2D eigenvalue weighted by Crippen LogP contribution is 2.43. The van der Waals surface area contributed by atoms with Gasteiger partial charge < -0.3 is 14.2 Å². The van der Waals surface area contributed by atoms with Gasteiger partial charge in [-0.15, -0.1) is 0 Å². The van der Waals surface area contributed by atoms with E-state index in [1.807, 2.05) is 49.4 Å². The molecule has 0 atom stereocenters. The van der Waals surface area contributed by atoms with E-state index in [-0.39, 0.29) is 5.78 Å². The first-order valence-corrected chi connectivity index (χ1v) is 11.2. The van der Waals surface area contributed by atoms with Gasteiger partial charge in [0.2, 0.25) is 5.78 Å². The fraction of sp³-hybridized carbons (Fsp3) is 0.250. The smallest absolute Gasteiger partial charge is 0.231 e. The minimum atomic E-state index is -0.0838. The van der Waals surface area contributed by atoms with Gasteiger partial charge in [-0.1, -0.05) is 54.6 Å². The number of rotatable bonds is 6. The third kappa shape index (κ3) is 4.30. The highest BCUT2D eigenvalue weighted by Gasteiger charge is 2.33. The summed E-state index contributed by atoms with van der Waals surface area (Å²) >= 11 is 0. The van der Waals surface area contributed by atoms with E-state index in [0.717, 1.165) is 59.7 Å². The van der Waals surface area contributed by atoms with E-state index in [9.17, 15) is 4.79 Å². The molecule has 0 saturated heterocycles. The number of carbonyl (C=O) groups excluding carboxylic acids is 1. The van der Waals surface area contributed by atoms with Crippen LogP contribution in [0.2, 0.25) is 0 Å². The topological polar surface area (TPSA) is 48.0 Å². The monoisotopic (exact) mass is 441 g/mol. The van der Waals surface area contributed by atoms with Crippen LogP contribution in [0.5, 0.6) is 11.5 Å². The molecule has 0 unspecified atom stereocenters. The molecular weight excluding hydrogens is 414 g/mol. The quantitative estimate of drug-likeness (QED) is 0.375. The zero-order chi connectivity index (χ0) is 22.8. The first-order chi connectivity index (χ1) is 16.1. The van der Waals surface area contributed by atoms with E-state index in [4.69, 9.17) is 14.2 Å². The number of benzene rings is 3. The fourth-order valence-corrected chi connectivity index (χ4v) is 4.43. The van der Waals surface area contributed by atoms with Crippen LogP contribution in [0.1, 0.15) is 33.5 Å². The van der Waals surface area contributed by atoms with Crippen molar-refractivity contribution in [2.75, 3.05) is 27.0 Å². The molecule has 2 aliphatic heterocycles. The number of hydrogen-bond donors (Lipinski definition) is 0. The van der Waals surface area contributed by atoms with Crippen LogP contribution in [0.3, 0.4) is 0 Å². The Morgan fingerprint density at radius 2 is 1.79 bits per heavy atom. The van der Waals surface area contributed by atoms with Crippen LogP contribution < -0.4 is 9.47 Å². The molecule has 0 aliphatic carbocycles. The molecule has 0 fully saturated rings. The normalized spacial score (nSPS) is 16.3. The number of ketones is 1. The average molecular weight is 442 g/mol. The lowest BCUT2D eigenvalue weighted by Gasteiger charge is -2.30. The van der Waals surface area contributed by atoms with E-state index in [2.05, 4.69) is 29.2 Å². The van der Waals surface area contributed by atoms with E-state index in [0.29, 0.717) is 23.8 Å². The van der Waals surface area contributed by atoms with Gasteiger partial charge >= 0.3 is 0 Å². The van der Waals surface area contributed by atoms with Crippen molar-refractivity contribution in [1.29, 1.82) is 0 Å². The third-order valence-electron chi connectivity index (χ3n) is 6.14. The minimum Gasteiger partial charge on any atom is -0.477 e. The molecule has 0 radical (unpaired) electrons.